The van der Waals surface area contributed by atoms with Gasteiger partial charge in [0.2, 0.25) is 0 Å². The Morgan fingerprint density at radius 2 is 2.25 bits per heavy atom. The molecule has 2 nitrogen and oxygen atoms in total. The van der Waals surface area contributed by atoms with E-state index in [-0.39, 0.29) is 0 Å². The third-order valence-electron chi connectivity index (χ3n) is 1.72. The second-order valence-corrected chi connectivity index (χ2v) is 2.45. The van der Waals surface area contributed by atoms with E-state index in [1.165, 1.54) is 5.56 Å². The lowest BCUT2D eigenvalue weighted by molar-refractivity contribution is 0.557. The molecule has 1 aromatic heterocycles. The van der Waals surface area contributed by atoms with Crippen molar-refractivity contribution in [2.45, 2.75) is 26.7 Å². The van der Waals surface area contributed by atoms with Gasteiger partial charge in [0.15, 0.2) is 0 Å². The lowest BCUT2D eigenvalue weighted by Gasteiger charge is -1.89. The second-order valence-electron chi connectivity index (χ2n) is 2.45. The molecule has 0 N–H and O–H groups in total. The van der Waals surface area contributed by atoms with E-state index in [1.807, 2.05) is 26.1 Å². The van der Waals surface area contributed by atoms with Gasteiger partial charge in [0.25, 0.3) is 0 Å². The fourth-order valence-electron chi connectivity index (χ4n) is 1.18. The van der Waals surface area contributed by atoms with Crippen molar-refractivity contribution in [3.05, 3.63) is 23.7 Å². The molecule has 1 aromatic rings. The zero-order valence-electron chi connectivity index (χ0n) is 7.71. The Bertz CT molecular complexity index is 250. The normalized spacial score (nSPS) is 14.2. The first-order valence-corrected chi connectivity index (χ1v) is 4.53. The summed E-state index contributed by atoms with van der Waals surface area (Å²) >= 11 is 0. The van der Waals surface area contributed by atoms with Crippen LogP contribution < -0.4 is 0 Å². The van der Waals surface area contributed by atoms with Gasteiger partial charge in [0, 0.05) is 6.54 Å². The number of fused-ring (bicyclic) bond motifs is 1. The van der Waals surface area contributed by atoms with Gasteiger partial charge in [-0.05, 0) is 24.5 Å². The predicted molar refractivity (Wildman–Crippen MR) is 50.8 cm³/mol. The predicted octanol–water partition coefficient (Wildman–Crippen LogP) is 2.67. The monoisotopic (exact) mass is 165 g/mol. The van der Waals surface area contributed by atoms with Crippen molar-refractivity contribution in [3.8, 4) is 0 Å². The zero-order valence-corrected chi connectivity index (χ0v) is 7.71. The molecule has 1 aliphatic rings. The Morgan fingerprint density at radius 3 is 3.08 bits per heavy atom. The third-order valence-corrected chi connectivity index (χ3v) is 1.72. The minimum absolute atomic E-state index is 0.935. The van der Waals surface area contributed by atoms with Crippen LogP contribution in [-0.4, -0.2) is 12.8 Å². The van der Waals surface area contributed by atoms with Crippen molar-refractivity contribution in [2.75, 3.05) is 6.54 Å². The maximum absolute atomic E-state index is 5.19. The van der Waals surface area contributed by atoms with Gasteiger partial charge < -0.3 is 4.42 Å². The molecule has 0 unspecified atom stereocenters. The van der Waals surface area contributed by atoms with Crippen LogP contribution >= 0.6 is 0 Å². The first-order chi connectivity index (χ1) is 5.97. The van der Waals surface area contributed by atoms with Crippen molar-refractivity contribution < 1.29 is 4.42 Å². The van der Waals surface area contributed by atoms with E-state index in [1.54, 1.807) is 6.26 Å². The molecule has 1 aliphatic heterocycles. The molecule has 0 fully saturated rings. The van der Waals surface area contributed by atoms with E-state index in [0.29, 0.717) is 0 Å². The summed E-state index contributed by atoms with van der Waals surface area (Å²) in [5.74, 6) is 0.942. The van der Waals surface area contributed by atoms with Crippen LogP contribution in [0.1, 0.15) is 31.6 Å². The summed E-state index contributed by atoms with van der Waals surface area (Å²) in [4.78, 5) is 4.17. The number of aliphatic imine (C=N–C) groups is 1. The summed E-state index contributed by atoms with van der Waals surface area (Å²) in [6.45, 7) is 4.93. The van der Waals surface area contributed by atoms with Crippen molar-refractivity contribution in [1.29, 1.82) is 0 Å². The molecule has 0 spiro atoms. The highest BCUT2D eigenvalue weighted by Gasteiger charge is 2.05. The van der Waals surface area contributed by atoms with E-state index < -0.39 is 0 Å². The first kappa shape index (κ1) is 9.04. The SMILES string of the molecule is C1=NCCCc2ccoc21.CC. The van der Waals surface area contributed by atoms with Crippen LogP contribution in [0.25, 0.3) is 0 Å². The van der Waals surface area contributed by atoms with Gasteiger partial charge in [-0.3, -0.25) is 4.99 Å². The van der Waals surface area contributed by atoms with E-state index in [0.717, 1.165) is 25.1 Å². The highest BCUT2D eigenvalue weighted by molar-refractivity contribution is 5.78. The average molecular weight is 165 g/mol. The molecule has 2 heterocycles. The average Bonchev–Trinajstić information content (AvgIpc) is 2.46. The van der Waals surface area contributed by atoms with Gasteiger partial charge in [0.05, 0.1) is 12.5 Å². The lowest BCUT2D eigenvalue weighted by Crippen LogP contribution is -1.83. The number of furan rings is 1. The topological polar surface area (TPSA) is 25.5 Å². The Morgan fingerprint density at radius 1 is 1.42 bits per heavy atom. The minimum atomic E-state index is 0.935. The van der Waals surface area contributed by atoms with Crippen molar-refractivity contribution >= 4 is 6.21 Å². The van der Waals surface area contributed by atoms with Crippen molar-refractivity contribution in [3.63, 3.8) is 0 Å². The van der Waals surface area contributed by atoms with Crippen molar-refractivity contribution in [1.82, 2.24) is 0 Å². The smallest absolute Gasteiger partial charge is 0.147 e. The highest BCUT2D eigenvalue weighted by Crippen LogP contribution is 2.12. The molecule has 0 radical (unpaired) electrons. The molecule has 0 aliphatic carbocycles. The standard InChI is InChI=1S/C8H9NO.C2H6/c1-2-7-3-5-10-8(7)6-9-4-1;1-2/h3,5-6H,1-2,4H2;1-2H3. The summed E-state index contributed by atoms with van der Waals surface area (Å²) in [7, 11) is 0. The van der Waals surface area contributed by atoms with E-state index in [4.69, 9.17) is 4.42 Å². The third kappa shape index (κ3) is 1.97. The minimum Gasteiger partial charge on any atom is -0.463 e. The molecule has 0 atom stereocenters. The second kappa shape index (κ2) is 4.75. The molecule has 0 aromatic carbocycles. The van der Waals surface area contributed by atoms with Gasteiger partial charge in [-0.25, -0.2) is 0 Å². The molecule has 0 saturated carbocycles. The molecule has 0 bridgehead atoms. The highest BCUT2D eigenvalue weighted by atomic mass is 16.3. The molecule has 12 heavy (non-hydrogen) atoms. The van der Waals surface area contributed by atoms with Crippen LogP contribution in [0.4, 0.5) is 0 Å². The maximum Gasteiger partial charge on any atom is 0.147 e. The zero-order chi connectivity index (χ0) is 8.81. The molecule has 2 rings (SSSR count). The van der Waals surface area contributed by atoms with E-state index in [2.05, 4.69) is 4.99 Å². The Labute approximate surface area is 73.3 Å². The van der Waals surface area contributed by atoms with E-state index >= 15 is 0 Å². The van der Waals surface area contributed by atoms with Gasteiger partial charge in [-0.1, -0.05) is 13.8 Å². The van der Waals surface area contributed by atoms with Gasteiger partial charge >= 0.3 is 0 Å². The van der Waals surface area contributed by atoms with Gasteiger partial charge in [0.1, 0.15) is 5.76 Å². The number of aryl methyl sites for hydroxylation is 1. The molecular weight excluding hydrogens is 150 g/mol. The Balaban J connectivity index is 0.000000336. The van der Waals surface area contributed by atoms with Crippen LogP contribution in [0, 0.1) is 0 Å². The van der Waals surface area contributed by atoms with Crippen LogP contribution in [0.15, 0.2) is 21.7 Å². The lowest BCUT2D eigenvalue weighted by atomic mass is 10.1. The summed E-state index contributed by atoms with van der Waals surface area (Å²) in [5, 5.41) is 0. The molecule has 2 heteroatoms. The van der Waals surface area contributed by atoms with E-state index in [9.17, 15) is 0 Å². The van der Waals surface area contributed by atoms with Crippen LogP contribution in [-0.2, 0) is 6.42 Å². The van der Waals surface area contributed by atoms with Crippen LogP contribution in [0.2, 0.25) is 0 Å². The van der Waals surface area contributed by atoms with Gasteiger partial charge in [-0.2, -0.15) is 0 Å². The molecule has 0 saturated heterocycles. The summed E-state index contributed by atoms with van der Waals surface area (Å²) < 4.78 is 5.19. The van der Waals surface area contributed by atoms with Crippen LogP contribution in [0.5, 0.6) is 0 Å². The molecule has 66 valence electrons. The van der Waals surface area contributed by atoms with Crippen LogP contribution in [0.3, 0.4) is 0 Å². The number of nitrogens with zero attached hydrogens (tertiary/aromatic N) is 1. The number of hydrogen-bond donors (Lipinski definition) is 0. The summed E-state index contributed by atoms with van der Waals surface area (Å²) in [6, 6.07) is 2.02. The molecular formula is C10H15NO. The summed E-state index contributed by atoms with van der Waals surface area (Å²) in [6.07, 6.45) is 5.79. The Kier molecular flexibility index (Phi) is 3.58. The fraction of sp³-hybridized carbons (Fsp3) is 0.500. The number of hydrogen-bond acceptors (Lipinski definition) is 2. The quantitative estimate of drug-likeness (QED) is 0.580. The first-order valence-electron chi connectivity index (χ1n) is 4.53. The van der Waals surface area contributed by atoms with Crippen molar-refractivity contribution in [2.24, 2.45) is 4.99 Å². The largest absolute Gasteiger partial charge is 0.463 e. The maximum atomic E-state index is 5.19. The Hall–Kier alpha value is -1.05. The molecule has 0 amide bonds. The van der Waals surface area contributed by atoms with Gasteiger partial charge in [-0.15, -0.1) is 0 Å². The summed E-state index contributed by atoms with van der Waals surface area (Å²) in [5.41, 5.74) is 1.29. The number of rotatable bonds is 0. The fourth-order valence-corrected chi connectivity index (χ4v) is 1.18.